The molecular weight excluding hydrogens is 811 g/mol. The van der Waals surface area contributed by atoms with E-state index in [9.17, 15) is 0 Å². The number of aliphatic imine (C=N–C) groups is 2. The van der Waals surface area contributed by atoms with E-state index < -0.39 is 0 Å². The molecule has 1 aliphatic carbocycles. The molecule has 10 aromatic carbocycles. The monoisotopic (exact) mass is 855 g/mol. The van der Waals surface area contributed by atoms with Gasteiger partial charge in [0.1, 0.15) is 0 Å². The Morgan fingerprint density at radius 1 is 0.388 bits per heavy atom. The lowest BCUT2D eigenvalue weighted by Gasteiger charge is -2.21. The zero-order valence-electron chi connectivity index (χ0n) is 37.2. The first-order valence-corrected chi connectivity index (χ1v) is 23.4. The minimum Gasteiger partial charge on any atom is -0.308 e. The molecule has 0 amide bonds. The van der Waals surface area contributed by atoms with Crippen LogP contribution in [0.4, 0.5) is 0 Å². The number of amidine groups is 1. The molecule has 2 heterocycles. The van der Waals surface area contributed by atoms with Crippen molar-refractivity contribution >= 4 is 60.6 Å². The molecule has 0 saturated heterocycles. The number of benzene rings is 10. The van der Waals surface area contributed by atoms with Crippen molar-refractivity contribution in [3.8, 4) is 39.1 Å². The summed E-state index contributed by atoms with van der Waals surface area (Å²) in [5.41, 5.74) is 19.8. The first-order valence-electron chi connectivity index (χ1n) is 23.4. The van der Waals surface area contributed by atoms with E-state index in [-0.39, 0.29) is 0 Å². The van der Waals surface area contributed by atoms with Crippen molar-refractivity contribution in [3.05, 3.63) is 252 Å². The lowest BCUT2D eigenvalue weighted by molar-refractivity contribution is 1.00. The molecule has 3 heteroatoms. The molecule has 1 aromatic heterocycles. The number of hydrogen-bond acceptors (Lipinski definition) is 2. The highest BCUT2D eigenvalue weighted by Crippen LogP contribution is 2.47. The maximum atomic E-state index is 5.81. The van der Waals surface area contributed by atoms with Crippen molar-refractivity contribution in [3.63, 3.8) is 0 Å². The highest BCUT2D eigenvalue weighted by molar-refractivity contribution is 6.19. The van der Waals surface area contributed by atoms with Crippen LogP contribution in [-0.2, 0) is 6.42 Å². The van der Waals surface area contributed by atoms with Crippen molar-refractivity contribution in [2.24, 2.45) is 9.98 Å². The maximum absolute atomic E-state index is 5.81. The summed E-state index contributed by atoms with van der Waals surface area (Å²) in [6, 6.07) is 79.7. The number of fused-ring (bicyclic) bond motifs is 8. The summed E-state index contributed by atoms with van der Waals surface area (Å²) in [6.45, 7) is 2.26. The Morgan fingerprint density at radius 2 is 0.940 bits per heavy atom. The van der Waals surface area contributed by atoms with Crippen LogP contribution in [0.2, 0.25) is 0 Å². The topological polar surface area (TPSA) is 29.6 Å². The summed E-state index contributed by atoms with van der Waals surface area (Å²) in [7, 11) is 0. The fourth-order valence-electron chi connectivity index (χ4n) is 10.7. The lowest BCUT2D eigenvalue weighted by Crippen LogP contribution is -2.14. The summed E-state index contributed by atoms with van der Waals surface area (Å²) in [5, 5.41) is 7.39. The Morgan fingerprint density at radius 3 is 1.63 bits per heavy atom. The predicted octanol–water partition coefficient (Wildman–Crippen LogP) is 16.5. The Bertz CT molecular complexity index is 3850. The summed E-state index contributed by atoms with van der Waals surface area (Å²) < 4.78 is 2.53. The molecule has 0 atom stereocenters. The molecule has 0 N–H and O–H groups in total. The average molecular weight is 856 g/mol. The maximum Gasteiger partial charge on any atom is 0.162 e. The third-order valence-electron chi connectivity index (χ3n) is 14.1. The van der Waals surface area contributed by atoms with Crippen LogP contribution in [0.5, 0.6) is 0 Å². The molecule has 0 saturated carbocycles. The Labute approximate surface area is 390 Å². The zero-order chi connectivity index (χ0) is 44.4. The normalized spacial score (nSPS) is 16.3. The van der Waals surface area contributed by atoms with E-state index in [0.29, 0.717) is 5.84 Å². The van der Waals surface area contributed by atoms with Crippen molar-refractivity contribution < 1.29 is 0 Å². The minimum atomic E-state index is 0.710. The number of para-hydroxylation sites is 1. The van der Waals surface area contributed by atoms with Gasteiger partial charge in [-0.3, -0.25) is 0 Å². The van der Waals surface area contributed by atoms with Crippen molar-refractivity contribution in [2.75, 3.05) is 0 Å². The number of hydrogen-bond donors (Lipinski definition) is 0. The number of aromatic nitrogens is 1. The first kappa shape index (κ1) is 39.0. The van der Waals surface area contributed by atoms with Gasteiger partial charge in [0.2, 0.25) is 0 Å². The van der Waals surface area contributed by atoms with E-state index >= 15 is 0 Å². The molecule has 2 aliphatic rings. The minimum absolute atomic E-state index is 0.710. The second kappa shape index (κ2) is 15.9. The van der Waals surface area contributed by atoms with Crippen LogP contribution in [0.15, 0.2) is 234 Å². The van der Waals surface area contributed by atoms with Gasteiger partial charge in [-0.05, 0) is 128 Å². The lowest BCUT2D eigenvalue weighted by atomic mass is 9.94. The van der Waals surface area contributed by atoms with Crippen molar-refractivity contribution in [1.29, 1.82) is 0 Å². The average Bonchev–Trinajstić information content (AvgIpc) is 3.91. The van der Waals surface area contributed by atoms with Gasteiger partial charge in [0.05, 0.1) is 28.1 Å². The molecular formula is C64H45N3. The van der Waals surface area contributed by atoms with Crippen LogP contribution in [-0.4, -0.2) is 16.1 Å². The number of rotatable bonds is 6. The molecule has 316 valence electrons. The van der Waals surface area contributed by atoms with Gasteiger partial charge >= 0.3 is 0 Å². The number of nitrogens with zero attached hydrogens (tertiary/aromatic N) is 3. The van der Waals surface area contributed by atoms with Gasteiger partial charge in [-0.25, -0.2) is 9.98 Å². The second-order valence-electron chi connectivity index (χ2n) is 18.1. The van der Waals surface area contributed by atoms with Gasteiger partial charge in [-0.1, -0.05) is 188 Å². The summed E-state index contributed by atoms with van der Waals surface area (Å²) >= 11 is 0. The molecule has 11 aromatic rings. The Kier molecular flexibility index (Phi) is 9.28. The Hall–Kier alpha value is -8.40. The van der Waals surface area contributed by atoms with Crippen molar-refractivity contribution in [1.82, 2.24) is 4.57 Å². The zero-order valence-corrected chi connectivity index (χ0v) is 37.2. The first-order chi connectivity index (χ1) is 33.1. The molecule has 0 spiro atoms. The van der Waals surface area contributed by atoms with Crippen LogP contribution in [0.3, 0.4) is 0 Å². The van der Waals surface area contributed by atoms with Crippen LogP contribution in [0, 0.1) is 0 Å². The van der Waals surface area contributed by atoms with Crippen LogP contribution in [0.1, 0.15) is 47.6 Å². The molecule has 67 heavy (non-hydrogen) atoms. The third kappa shape index (κ3) is 6.73. The van der Waals surface area contributed by atoms with E-state index in [1.807, 2.05) is 0 Å². The largest absolute Gasteiger partial charge is 0.308 e. The summed E-state index contributed by atoms with van der Waals surface area (Å²) in [5.74, 6) is 0.710. The van der Waals surface area contributed by atoms with Crippen LogP contribution in [0.25, 0.3) is 88.1 Å². The summed E-state index contributed by atoms with van der Waals surface area (Å²) in [4.78, 5) is 11.6. The predicted molar refractivity (Wildman–Crippen MR) is 283 cm³/mol. The molecule has 3 nitrogen and oxygen atoms in total. The van der Waals surface area contributed by atoms with Gasteiger partial charge in [0.25, 0.3) is 0 Å². The van der Waals surface area contributed by atoms with Gasteiger partial charge < -0.3 is 4.57 Å². The van der Waals surface area contributed by atoms with E-state index in [1.165, 1.54) is 87.9 Å². The third-order valence-corrected chi connectivity index (χ3v) is 14.1. The van der Waals surface area contributed by atoms with Gasteiger partial charge in [0.15, 0.2) is 5.84 Å². The quantitative estimate of drug-likeness (QED) is 0.159. The van der Waals surface area contributed by atoms with Crippen molar-refractivity contribution in [2.45, 2.75) is 26.2 Å². The summed E-state index contributed by atoms with van der Waals surface area (Å²) in [6.07, 6.45) is 2.47. The standard InChI is InChI=1S/C64H45N3/c1-41-24-35-58(46-29-25-44(26-30-46)42-14-4-2-5-15-42)65-64(66-62(41)47-31-27-45(28-32-47)43-16-6-3-7-17-43)55-34-33-52-37-53-36-48-18-8-9-19-49(48)38-56(53)61(52)63(55)67-59-23-13-12-22-54(59)57-39-50-20-10-11-21-51(50)40-60(57)67/h2-23,25-34,36,38-40H,24,35,37H2,1H3/b62-41-,65-58+,66-64-. The molecule has 0 unspecified atom stereocenters. The highest BCUT2D eigenvalue weighted by Gasteiger charge is 2.30. The fourth-order valence-corrected chi connectivity index (χ4v) is 10.7. The van der Waals surface area contributed by atoms with Gasteiger partial charge in [-0.2, -0.15) is 0 Å². The van der Waals surface area contributed by atoms with Gasteiger partial charge in [-0.15, -0.1) is 0 Å². The molecule has 0 bridgehead atoms. The molecule has 0 radical (unpaired) electrons. The van der Waals surface area contributed by atoms with Crippen LogP contribution < -0.4 is 0 Å². The molecule has 13 rings (SSSR count). The Balaban J connectivity index is 1.10. The van der Waals surface area contributed by atoms with E-state index in [1.54, 1.807) is 0 Å². The smallest absolute Gasteiger partial charge is 0.162 e. The van der Waals surface area contributed by atoms with E-state index in [2.05, 4.69) is 230 Å². The van der Waals surface area contributed by atoms with Crippen LogP contribution >= 0.6 is 0 Å². The van der Waals surface area contributed by atoms with E-state index in [0.717, 1.165) is 58.6 Å². The number of allylic oxidation sites excluding steroid dienone is 1. The molecule has 1 aliphatic heterocycles. The SMILES string of the molecule is C/C1=C(c2ccc(-c3ccccc3)cc2)/N=C(c2ccc3c(c2-n2c4ccccc4c4cc5ccccc5cc42)-c2cc4ccccc4cc2C3)\N=C(\c2ccc(-c3ccccc3)cc2)CC1. The van der Waals surface area contributed by atoms with E-state index in [4.69, 9.17) is 9.98 Å². The van der Waals surface area contributed by atoms with Gasteiger partial charge in [0, 0.05) is 27.5 Å². The fraction of sp³-hybridized carbons (Fsp3) is 0.0625. The molecule has 0 fully saturated rings. The second-order valence-corrected chi connectivity index (χ2v) is 18.1. The highest BCUT2D eigenvalue weighted by atomic mass is 15.0.